The Bertz CT molecular complexity index is 445. The molecular weight excluding hydrogens is 298 g/mol. The minimum absolute atomic E-state index is 0.00372. The Labute approximate surface area is 126 Å². The van der Waals surface area contributed by atoms with Crippen molar-refractivity contribution in [3.05, 3.63) is 0 Å². The molecule has 6 nitrogen and oxygen atoms in total. The van der Waals surface area contributed by atoms with E-state index in [9.17, 15) is 9.59 Å². The van der Waals surface area contributed by atoms with Crippen molar-refractivity contribution in [2.45, 2.75) is 43.9 Å². The molecule has 8 heteroatoms. The summed E-state index contributed by atoms with van der Waals surface area (Å²) in [7, 11) is 0. The van der Waals surface area contributed by atoms with Gasteiger partial charge in [-0.1, -0.05) is 49.8 Å². The molecule has 0 bridgehead atoms. The summed E-state index contributed by atoms with van der Waals surface area (Å²) in [6, 6.07) is 0. The lowest BCUT2D eigenvalue weighted by Gasteiger charge is -2.13. The number of hydrogen-bond acceptors (Lipinski definition) is 6. The molecule has 0 atom stereocenters. The molecule has 0 aliphatic heterocycles. The number of nitrogens with one attached hydrogen (secondary N) is 1. The SMILES string of the molecule is CCCC(CCC)C(=O)Nc1nnc(SCC(=O)O)s1. The molecule has 1 rings (SSSR count). The normalized spacial score (nSPS) is 10.8. The highest BCUT2D eigenvalue weighted by atomic mass is 32.2. The van der Waals surface area contributed by atoms with Gasteiger partial charge in [-0.05, 0) is 12.8 Å². The lowest BCUT2D eigenvalue weighted by atomic mass is 9.97. The van der Waals surface area contributed by atoms with E-state index in [4.69, 9.17) is 5.11 Å². The van der Waals surface area contributed by atoms with Gasteiger partial charge in [0.2, 0.25) is 11.0 Å². The van der Waals surface area contributed by atoms with Crippen LogP contribution in [0.3, 0.4) is 0 Å². The third kappa shape index (κ3) is 5.87. The maximum absolute atomic E-state index is 12.1. The van der Waals surface area contributed by atoms with Crippen LogP contribution in [-0.2, 0) is 9.59 Å². The number of aromatic nitrogens is 2. The van der Waals surface area contributed by atoms with Crippen molar-refractivity contribution in [2.75, 3.05) is 11.1 Å². The van der Waals surface area contributed by atoms with E-state index < -0.39 is 5.97 Å². The number of carboxylic acid groups (broad SMARTS) is 1. The molecule has 0 aliphatic rings. The van der Waals surface area contributed by atoms with Crippen LogP contribution in [0.5, 0.6) is 0 Å². The van der Waals surface area contributed by atoms with Crippen LogP contribution >= 0.6 is 23.1 Å². The van der Waals surface area contributed by atoms with Crippen molar-refractivity contribution >= 4 is 40.1 Å². The number of carbonyl (C=O) groups excluding carboxylic acids is 1. The Morgan fingerprint density at radius 2 is 1.95 bits per heavy atom. The minimum atomic E-state index is -0.901. The van der Waals surface area contributed by atoms with Crippen LogP contribution in [0.25, 0.3) is 0 Å². The van der Waals surface area contributed by atoms with Gasteiger partial charge in [0.15, 0.2) is 4.34 Å². The van der Waals surface area contributed by atoms with Crippen molar-refractivity contribution in [3.8, 4) is 0 Å². The number of hydrogen-bond donors (Lipinski definition) is 2. The van der Waals surface area contributed by atoms with E-state index in [2.05, 4.69) is 29.4 Å². The summed E-state index contributed by atoms with van der Waals surface area (Å²) in [6.07, 6.45) is 3.65. The van der Waals surface area contributed by atoms with Crippen LogP contribution < -0.4 is 5.32 Å². The van der Waals surface area contributed by atoms with Crippen molar-refractivity contribution in [3.63, 3.8) is 0 Å². The number of nitrogens with zero attached hydrogens (tertiary/aromatic N) is 2. The molecule has 0 spiro atoms. The maximum atomic E-state index is 12.1. The first-order valence-electron chi connectivity index (χ1n) is 6.55. The summed E-state index contributed by atoms with van der Waals surface area (Å²) < 4.78 is 0.547. The third-order valence-corrected chi connectivity index (χ3v) is 4.56. The van der Waals surface area contributed by atoms with Crippen LogP contribution in [0, 0.1) is 5.92 Å². The van der Waals surface area contributed by atoms with Crippen molar-refractivity contribution in [1.29, 1.82) is 0 Å². The first-order valence-corrected chi connectivity index (χ1v) is 8.36. The van der Waals surface area contributed by atoms with Gasteiger partial charge in [0, 0.05) is 5.92 Å². The fourth-order valence-electron chi connectivity index (χ4n) is 1.75. The number of amides is 1. The number of carboxylic acids is 1. The average Bonchev–Trinajstić information content (AvgIpc) is 2.83. The van der Waals surface area contributed by atoms with Gasteiger partial charge < -0.3 is 10.4 Å². The molecule has 0 unspecified atom stereocenters. The lowest BCUT2D eigenvalue weighted by Crippen LogP contribution is -2.22. The predicted molar refractivity (Wildman–Crippen MR) is 80.2 cm³/mol. The number of rotatable bonds is 9. The Balaban J connectivity index is 2.54. The first-order chi connectivity index (χ1) is 9.56. The van der Waals surface area contributed by atoms with Crippen molar-refractivity contribution in [1.82, 2.24) is 10.2 Å². The zero-order valence-electron chi connectivity index (χ0n) is 11.6. The Kier molecular flexibility index (Phi) is 7.53. The third-order valence-electron chi connectivity index (χ3n) is 2.60. The number of anilines is 1. The Morgan fingerprint density at radius 1 is 1.30 bits per heavy atom. The van der Waals surface area contributed by atoms with E-state index in [-0.39, 0.29) is 17.6 Å². The molecule has 1 heterocycles. The van der Waals surface area contributed by atoms with Crippen LogP contribution in [0.1, 0.15) is 39.5 Å². The van der Waals surface area contributed by atoms with Gasteiger partial charge in [-0.25, -0.2) is 0 Å². The quantitative estimate of drug-likeness (QED) is 0.537. The molecule has 0 radical (unpaired) electrons. The Hall–Kier alpha value is -1.15. The second kappa shape index (κ2) is 8.91. The van der Waals surface area contributed by atoms with E-state index in [1.807, 2.05) is 0 Å². The molecule has 20 heavy (non-hydrogen) atoms. The highest BCUT2D eigenvalue weighted by Crippen LogP contribution is 2.26. The van der Waals surface area contributed by atoms with E-state index in [1.165, 1.54) is 11.3 Å². The molecule has 0 fully saturated rings. The topological polar surface area (TPSA) is 92.2 Å². The van der Waals surface area contributed by atoms with Gasteiger partial charge in [0.1, 0.15) is 0 Å². The number of thioether (sulfide) groups is 1. The summed E-state index contributed by atoms with van der Waals surface area (Å²) >= 11 is 2.30. The molecule has 0 saturated carbocycles. The highest BCUT2D eigenvalue weighted by molar-refractivity contribution is 8.01. The zero-order valence-corrected chi connectivity index (χ0v) is 13.2. The summed E-state index contributed by atoms with van der Waals surface area (Å²) in [5, 5.41) is 19.5. The number of aliphatic carboxylic acids is 1. The second-order valence-electron chi connectivity index (χ2n) is 4.32. The highest BCUT2D eigenvalue weighted by Gasteiger charge is 2.18. The fourth-order valence-corrected chi connectivity index (χ4v) is 3.23. The van der Waals surface area contributed by atoms with Gasteiger partial charge >= 0.3 is 5.97 Å². The molecule has 0 saturated heterocycles. The molecule has 112 valence electrons. The van der Waals surface area contributed by atoms with Crippen LogP contribution in [0.15, 0.2) is 4.34 Å². The zero-order chi connectivity index (χ0) is 15.0. The summed E-state index contributed by atoms with van der Waals surface area (Å²) in [5.41, 5.74) is 0. The van der Waals surface area contributed by atoms with Gasteiger partial charge in [0.25, 0.3) is 0 Å². The average molecular weight is 317 g/mol. The van der Waals surface area contributed by atoms with E-state index in [0.717, 1.165) is 37.4 Å². The molecule has 1 aromatic heterocycles. The molecule has 0 aromatic carbocycles. The first kappa shape index (κ1) is 16.9. The molecular formula is C12H19N3O3S2. The predicted octanol–water partition coefficient (Wildman–Crippen LogP) is 2.87. The smallest absolute Gasteiger partial charge is 0.313 e. The monoisotopic (exact) mass is 317 g/mol. The van der Waals surface area contributed by atoms with Crippen LogP contribution in [0.4, 0.5) is 5.13 Å². The summed E-state index contributed by atoms with van der Waals surface area (Å²) in [4.78, 5) is 22.6. The van der Waals surface area contributed by atoms with Crippen molar-refractivity contribution < 1.29 is 14.7 Å². The lowest BCUT2D eigenvalue weighted by molar-refractivity contribution is -0.133. The van der Waals surface area contributed by atoms with Gasteiger partial charge in [-0.2, -0.15) is 0 Å². The molecule has 2 N–H and O–H groups in total. The van der Waals surface area contributed by atoms with Crippen molar-refractivity contribution in [2.24, 2.45) is 5.92 Å². The largest absolute Gasteiger partial charge is 0.481 e. The molecule has 1 amide bonds. The second-order valence-corrected chi connectivity index (χ2v) is 6.52. The van der Waals surface area contributed by atoms with E-state index in [1.54, 1.807) is 0 Å². The summed E-state index contributed by atoms with van der Waals surface area (Å²) in [5.74, 6) is -0.984. The van der Waals surface area contributed by atoms with Crippen LogP contribution in [-0.4, -0.2) is 32.9 Å². The van der Waals surface area contributed by atoms with E-state index >= 15 is 0 Å². The molecule has 1 aromatic rings. The van der Waals surface area contributed by atoms with E-state index in [0.29, 0.717) is 9.47 Å². The summed E-state index contributed by atoms with van der Waals surface area (Å²) in [6.45, 7) is 4.11. The number of carbonyl (C=O) groups is 2. The fraction of sp³-hybridized carbons (Fsp3) is 0.667. The minimum Gasteiger partial charge on any atom is -0.481 e. The maximum Gasteiger partial charge on any atom is 0.313 e. The molecule has 0 aliphatic carbocycles. The van der Waals surface area contributed by atoms with Gasteiger partial charge in [-0.3, -0.25) is 9.59 Å². The standard InChI is InChI=1S/C12H19N3O3S2/c1-3-5-8(6-4-2)10(18)13-11-14-15-12(20-11)19-7-9(16)17/h8H,3-7H2,1-2H3,(H,16,17)(H,13,14,18). The van der Waals surface area contributed by atoms with Gasteiger partial charge in [0.05, 0.1) is 5.75 Å². The van der Waals surface area contributed by atoms with Crippen LogP contribution in [0.2, 0.25) is 0 Å². The van der Waals surface area contributed by atoms with Gasteiger partial charge in [-0.15, -0.1) is 10.2 Å². The Morgan fingerprint density at radius 3 is 2.50 bits per heavy atom.